The topological polar surface area (TPSA) is 72.3 Å². The van der Waals surface area contributed by atoms with E-state index < -0.39 is 0 Å². The van der Waals surface area contributed by atoms with Crippen LogP contribution in [-0.2, 0) is 0 Å². The molecule has 0 aliphatic carbocycles. The molecule has 5 N–H and O–H groups in total. The van der Waals surface area contributed by atoms with Gasteiger partial charge in [-0.25, -0.2) is 0 Å². The van der Waals surface area contributed by atoms with Crippen molar-refractivity contribution in [3.63, 3.8) is 0 Å². The molecule has 0 heterocycles. The predicted molar refractivity (Wildman–Crippen MR) is 80.9 cm³/mol. The summed E-state index contributed by atoms with van der Waals surface area (Å²) in [4.78, 5) is 0. The van der Waals surface area contributed by atoms with Crippen molar-refractivity contribution in [3.05, 3.63) is 66.7 Å². The van der Waals surface area contributed by atoms with E-state index in [1.54, 1.807) is 6.07 Å². The van der Waals surface area contributed by atoms with Crippen LogP contribution in [0.25, 0.3) is 10.8 Å². The van der Waals surface area contributed by atoms with Crippen molar-refractivity contribution < 1.29 is 5.11 Å². The molecular weight excluding hydrogens is 236 g/mol. The lowest BCUT2D eigenvalue weighted by atomic mass is 10.1. The van der Waals surface area contributed by atoms with Crippen LogP contribution >= 0.6 is 0 Å². The lowest BCUT2D eigenvalue weighted by Crippen LogP contribution is -1.86. The van der Waals surface area contributed by atoms with Gasteiger partial charge in [0.05, 0.1) is 5.69 Å². The molecule has 0 saturated heterocycles. The highest BCUT2D eigenvalue weighted by Crippen LogP contribution is 2.28. The van der Waals surface area contributed by atoms with E-state index in [1.807, 2.05) is 60.7 Å². The summed E-state index contributed by atoms with van der Waals surface area (Å²) < 4.78 is 0. The molecule has 3 nitrogen and oxygen atoms in total. The summed E-state index contributed by atoms with van der Waals surface area (Å²) in [5, 5.41) is 11.2. The molecule has 0 fully saturated rings. The van der Waals surface area contributed by atoms with Gasteiger partial charge in [-0.3, -0.25) is 0 Å². The van der Waals surface area contributed by atoms with Gasteiger partial charge in [0.2, 0.25) is 0 Å². The SMILES string of the molecule is Nc1c(O)ccc2ccccc12.Nc1ccccc1. The first-order chi connectivity index (χ1) is 9.18. The standard InChI is InChI=1S/C10H9NO.C6H7N/c11-10-8-4-2-1-3-7(8)5-6-9(10)12;7-6-4-2-1-3-5-6/h1-6,12H,11H2;1-5H,7H2. The zero-order valence-corrected chi connectivity index (χ0v) is 10.5. The van der Waals surface area contributed by atoms with Crippen LogP contribution in [0.3, 0.4) is 0 Å². The molecule has 0 aliphatic rings. The highest BCUT2D eigenvalue weighted by molar-refractivity contribution is 5.95. The number of fused-ring (bicyclic) bond motifs is 1. The molecule has 3 aromatic carbocycles. The molecule has 0 spiro atoms. The maximum atomic E-state index is 9.29. The third-order valence-electron chi connectivity index (χ3n) is 2.75. The van der Waals surface area contributed by atoms with Crippen molar-refractivity contribution >= 4 is 22.1 Å². The zero-order valence-electron chi connectivity index (χ0n) is 10.5. The van der Waals surface area contributed by atoms with Gasteiger partial charge < -0.3 is 16.6 Å². The summed E-state index contributed by atoms with van der Waals surface area (Å²) in [5.41, 5.74) is 12.3. The minimum atomic E-state index is 0.147. The lowest BCUT2D eigenvalue weighted by molar-refractivity contribution is 0.478. The molecule has 0 amide bonds. The van der Waals surface area contributed by atoms with E-state index in [1.165, 1.54) is 0 Å². The van der Waals surface area contributed by atoms with E-state index in [2.05, 4.69) is 0 Å². The average molecular weight is 252 g/mol. The third-order valence-corrected chi connectivity index (χ3v) is 2.75. The smallest absolute Gasteiger partial charge is 0.139 e. The molecule has 19 heavy (non-hydrogen) atoms. The first kappa shape index (κ1) is 12.8. The van der Waals surface area contributed by atoms with Gasteiger partial charge in [0.25, 0.3) is 0 Å². The molecule has 3 heteroatoms. The Bertz CT molecular complexity index is 666. The van der Waals surface area contributed by atoms with Crippen molar-refractivity contribution in [2.75, 3.05) is 11.5 Å². The number of hydrogen-bond acceptors (Lipinski definition) is 3. The fourth-order valence-corrected chi connectivity index (χ4v) is 1.74. The number of phenols is 1. The minimum Gasteiger partial charge on any atom is -0.506 e. The summed E-state index contributed by atoms with van der Waals surface area (Å²) in [5.74, 6) is 0.147. The van der Waals surface area contributed by atoms with Gasteiger partial charge in [-0.15, -0.1) is 0 Å². The quantitative estimate of drug-likeness (QED) is 0.424. The maximum Gasteiger partial charge on any atom is 0.139 e. The first-order valence-corrected chi connectivity index (χ1v) is 5.95. The van der Waals surface area contributed by atoms with Crippen LogP contribution < -0.4 is 11.5 Å². The summed E-state index contributed by atoms with van der Waals surface area (Å²) in [6.07, 6.45) is 0. The highest BCUT2D eigenvalue weighted by Gasteiger charge is 2.00. The van der Waals surface area contributed by atoms with Crippen LogP contribution in [0, 0.1) is 0 Å². The van der Waals surface area contributed by atoms with Crippen LogP contribution in [-0.4, -0.2) is 5.11 Å². The number of anilines is 2. The lowest BCUT2D eigenvalue weighted by Gasteiger charge is -2.02. The number of rotatable bonds is 0. The number of nitrogens with two attached hydrogens (primary N) is 2. The van der Waals surface area contributed by atoms with Gasteiger partial charge >= 0.3 is 0 Å². The Morgan fingerprint density at radius 3 is 1.95 bits per heavy atom. The Balaban J connectivity index is 0.000000163. The van der Waals surface area contributed by atoms with Gasteiger partial charge in [0.1, 0.15) is 5.75 Å². The van der Waals surface area contributed by atoms with Gasteiger partial charge in [-0.2, -0.15) is 0 Å². The van der Waals surface area contributed by atoms with Crippen molar-refractivity contribution in [2.24, 2.45) is 0 Å². The van der Waals surface area contributed by atoms with E-state index in [0.29, 0.717) is 5.69 Å². The zero-order chi connectivity index (χ0) is 13.7. The van der Waals surface area contributed by atoms with Gasteiger partial charge in [0.15, 0.2) is 0 Å². The molecular formula is C16H16N2O. The normalized spacial score (nSPS) is 9.68. The number of nitrogen functional groups attached to an aromatic ring is 2. The summed E-state index contributed by atoms with van der Waals surface area (Å²) in [6.45, 7) is 0. The largest absolute Gasteiger partial charge is 0.506 e. The summed E-state index contributed by atoms with van der Waals surface area (Å²) >= 11 is 0. The van der Waals surface area contributed by atoms with Crippen molar-refractivity contribution in [1.82, 2.24) is 0 Å². The van der Waals surface area contributed by atoms with Crippen LogP contribution in [0.1, 0.15) is 0 Å². The van der Waals surface area contributed by atoms with Crippen LogP contribution in [0.5, 0.6) is 5.75 Å². The Morgan fingerprint density at radius 1 is 0.684 bits per heavy atom. The molecule has 3 aromatic rings. The fourth-order valence-electron chi connectivity index (χ4n) is 1.74. The second-order valence-electron chi connectivity index (χ2n) is 4.13. The number of para-hydroxylation sites is 1. The number of hydrogen-bond donors (Lipinski definition) is 3. The number of benzene rings is 3. The van der Waals surface area contributed by atoms with Gasteiger partial charge in [-0.05, 0) is 23.6 Å². The second kappa shape index (κ2) is 5.78. The van der Waals surface area contributed by atoms with E-state index in [4.69, 9.17) is 11.5 Å². The van der Waals surface area contributed by atoms with E-state index in [-0.39, 0.29) is 5.75 Å². The van der Waals surface area contributed by atoms with Crippen LogP contribution in [0.4, 0.5) is 11.4 Å². The molecule has 0 bridgehead atoms. The fraction of sp³-hybridized carbons (Fsp3) is 0. The Hall–Kier alpha value is -2.68. The molecule has 0 atom stereocenters. The minimum absolute atomic E-state index is 0.147. The molecule has 3 rings (SSSR count). The maximum absolute atomic E-state index is 9.29. The highest BCUT2D eigenvalue weighted by atomic mass is 16.3. The van der Waals surface area contributed by atoms with E-state index in [9.17, 15) is 5.11 Å². The Morgan fingerprint density at radius 2 is 1.32 bits per heavy atom. The number of aromatic hydroxyl groups is 1. The van der Waals surface area contributed by atoms with Gasteiger partial charge in [0, 0.05) is 11.1 Å². The van der Waals surface area contributed by atoms with Gasteiger partial charge in [-0.1, -0.05) is 48.5 Å². The first-order valence-electron chi connectivity index (χ1n) is 5.95. The Kier molecular flexibility index (Phi) is 3.88. The number of phenolic OH excluding ortho intramolecular Hbond substituents is 1. The molecule has 0 aliphatic heterocycles. The third kappa shape index (κ3) is 3.16. The summed E-state index contributed by atoms with van der Waals surface area (Å²) in [7, 11) is 0. The monoisotopic (exact) mass is 252 g/mol. The predicted octanol–water partition coefficient (Wildman–Crippen LogP) is 3.40. The van der Waals surface area contributed by atoms with E-state index in [0.717, 1.165) is 16.5 Å². The van der Waals surface area contributed by atoms with Crippen LogP contribution in [0.2, 0.25) is 0 Å². The van der Waals surface area contributed by atoms with Crippen molar-refractivity contribution in [1.29, 1.82) is 0 Å². The van der Waals surface area contributed by atoms with Crippen LogP contribution in [0.15, 0.2) is 66.7 Å². The Labute approximate surface area is 112 Å². The molecule has 0 unspecified atom stereocenters. The van der Waals surface area contributed by atoms with Crippen molar-refractivity contribution in [3.8, 4) is 5.75 Å². The van der Waals surface area contributed by atoms with E-state index >= 15 is 0 Å². The molecule has 0 radical (unpaired) electrons. The summed E-state index contributed by atoms with van der Waals surface area (Å²) in [6, 6.07) is 20.6. The molecule has 96 valence electrons. The average Bonchev–Trinajstić information content (AvgIpc) is 2.45. The molecule has 0 aromatic heterocycles. The second-order valence-corrected chi connectivity index (χ2v) is 4.13. The van der Waals surface area contributed by atoms with Crippen molar-refractivity contribution in [2.45, 2.75) is 0 Å². The molecule has 0 saturated carbocycles.